The number of halogens is 1. The Labute approximate surface area is 132 Å². The first-order valence-corrected chi connectivity index (χ1v) is 8.03. The van der Waals surface area contributed by atoms with Gasteiger partial charge in [0.15, 0.2) is 0 Å². The quantitative estimate of drug-likeness (QED) is 0.902. The van der Waals surface area contributed by atoms with Crippen LogP contribution in [-0.2, 0) is 6.54 Å². The molecule has 0 amide bonds. The van der Waals surface area contributed by atoms with Crippen LogP contribution in [0.3, 0.4) is 0 Å². The molecule has 0 spiro atoms. The average molecular weight is 345 g/mol. The molecule has 1 aliphatic carbocycles. The Morgan fingerprint density at radius 2 is 2.14 bits per heavy atom. The second-order valence-electron chi connectivity index (χ2n) is 5.38. The number of hydrogen-bond acceptors (Lipinski definition) is 3. The minimum Gasteiger partial charge on any atom is -0.378 e. The topological polar surface area (TPSA) is 53.6 Å². The lowest BCUT2D eigenvalue weighted by Gasteiger charge is -2.09. The first-order valence-electron chi connectivity index (χ1n) is 7.24. The van der Waals surface area contributed by atoms with Crippen LogP contribution < -0.4 is 5.32 Å². The van der Waals surface area contributed by atoms with Crippen LogP contribution in [0, 0.1) is 11.3 Å². The van der Waals surface area contributed by atoms with Crippen LogP contribution in [0.15, 0.2) is 34.9 Å². The van der Waals surface area contributed by atoms with Gasteiger partial charge < -0.3 is 5.32 Å². The first kappa shape index (κ1) is 14.2. The predicted molar refractivity (Wildman–Crippen MR) is 85.9 cm³/mol. The Morgan fingerprint density at radius 1 is 1.33 bits per heavy atom. The lowest BCUT2D eigenvalue weighted by atomic mass is 10.2. The fourth-order valence-electron chi connectivity index (χ4n) is 2.79. The molecule has 1 fully saturated rings. The van der Waals surface area contributed by atoms with Crippen molar-refractivity contribution >= 4 is 21.6 Å². The summed E-state index contributed by atoms with van der Waals surface area (Å²) in [6.45, 7) is 0.635. The second kappa shape index (κ2) is 6.31. The van der Waals surface area contributed by atoms with E-state index in [0.717, 1.165) is 15.9 Å². The molecule has 1 aromatic heterocycles. The zero-order valence-corrected chi connectivity index (χ0v) is 13.3. The van der Waals surface area contributed by atoms with E-state index in [2.05, 4.69) is 49.4 Å². The molecule has 1 aliphatic rings. The van der Waals surface area contributed by atoms with Crippen molar-refractivity contribution < 1.29 is 0 Å². The molecule has 1 saturated carbocycles. The van der Waals surface area contributed by atoms with Gasteiger partial charge in [-0.2, -0.15) is 10.4 Å². The molecule has 2 aromatic rings. The number of hydrogen-bond donors (Lipinski definition) is 1. The Morgan fingerprint density at radius 3 is 2.90 bits per heavy atom. The molecule has 1 N–H and O–H groups in total. The second-order valence-corrected chi connectivity index (χ2v) is 6.30. The normalized spacial score (nSPS) is 15.0. The molecule has 3 rings (SSSR count). The van der Waals surface area contributed by atoms with E-state index in [-0.39, 0.29) is 0 Å². The third-order valence-corrected chi connectivity index (χ3v) is 4.42. The summed E-state index contributed by atoms with van der Waals surface area (Å²) in [7, 11) is 0. The zero-order chi connectivity index (χ0) is 14.7. The van der Waals surface area contributed by atoms with E-state index >= 15 is 0 Å². The SMILES string of the molecule is N#Cc1cc(Br)ccc1NCc1ccn(C2CCCC2)n1. The molecule has 1 aromatic carbocycles. The highest BCUT2D eigenvalue weighted by Gasteiger charge is 2.17. The molecular formula is C16H17BrN4. The lowest BCUT2D eigenvalue weighted by Crippen LogP contribution is -2.07. The molecule has 108 valence electrons. The van der Waals surface area contributed by atoms with Crippen LogP contribution in [0.5, 0.6) is 0 Å². The largest absolute Gasteiger partial charge is 0.378 e. The monoisotopic (exact) mass is 344 g/mol. The highest BCUT2D eigenvalue weighted by molar-refractivity contribution is 9.10. The van der Waals surface area contributed by atoms with E-state index in [4.69, 9.17) is 5.26 Å². The van der Waals surface area contributed by atoms with E-state index in [1.54, 1.807) is 0 Å². The summed E-state index contributed by atoms with van der Waals surface area (Å²) >= 11 is 3.38. The Balaban J connectivity index is 1.66. The Kier molecular flexibility index (Phi) is 4.26. The summed E-state index contributed by atoms with van der Waals surface area (Å²) in [5.74, 6) is 0. The van der Waals surface area contributed by atoms with Crippen LogP contribution in [0.2, 0.25) is 0 Å². The van der Waals surface area contributed by atoms with E-state index in [1.165, 1.54) is 25.7 Å². The van der Waals surface area contributed by atoms with E-state index in [0.29, 0.717) is 18.2 Å². The smallest absolute Gasteiger partial charge is 0.101 e. The third-order valence-electron chi connectivity index (χ3n) is 3.92. The minimum atomic E-state index is 0.570. The number of anilines is 1. The van der Waals surface area contributed by atoms with Crippen molar-refractivity contribution in [3.63, 3.8) is 0 Å². The number of rotatable bonds is 4. The van der Waals surface area contributed by atoms with Gasteiger partial charge in [0.05, 0.1) is 29.5 Å². The maximum absolute atomic E-state index is 9.16. The summed E-state index contributed by atoms with van der Waals surface area (Å²) in [5, 5.41) is 17.1. The van der Waals surface area contributed by atoms with Gasteiger partial charge in [-0.1, -0.05) is 28.8 Å². The minimum absolute atomic E-state index is 0.570. The summed E-state index contributed by atoms with van der Waals surface area (Å²) in [6.07, 6.45) is 7.16. The first-order chi connectivity index (χ1) is 10.3. The van der Waals surface area contributed by atoms with Gasteiger partial charge in [-0.3, -0.25) is 4.68 Å². The number of aromatic nitrogens is 2. The third kappa shape index (κ3) is 3.27. The van der Waals surface area contributed by atoms with Crippen LogP contribution in [0.25, 0.3) is 0 Å². The van der Waals surface area contributed by atoms with Gasteiger partial charge in [-0.05, 0) is 37.1 Å². The molecule has 0 atom stereocenters. The molecule has 21 heavy (non-hydrogen) atoms. The van der Waals surface area contributed by atoms with E-state index < -0.39 is 0 Å². The van der Waals surface area contributed by atoms with Gasteiger partial charge in [-0.15, -0.1) is 0 Å². The standard InChI is InChI=1S/C16H17BrN4/c17-13-5-6-16(12(9-13)10-18)19-11-14-7-8-21(20-14)15-3-1-2-4-15/h5-9,15,19H,1-4,11H2. The Hall–Kier alpha value is -1.80. The van der Waals surface area contributed by atoms with Gasteiger partial charge >= 0.3 is 0 Å². The zero-order valence-electron chi connectivity index (χ0n) is 11.7. The summed E-state index contributed by atoms with van der Waals surface area (Å²) in [5.41, 5.74) is 2.49. The van der Waals surface area contributed by atoms with Crippen molar-refractivity contribution in [2.75, 3.05) is 5.32 Å². The fraction of sp³-hybridized carbons (Fsp3) is 0.375. The Bertz CT molecular complexity index is 665. The number of benzene rings is 1. The lowest BCUT2D eigenvalue weighted by molar-refractivity contribution is 0.463. The molecule has 1 heterocycles. The van der Waals surface area contributed by atoms with Crippen LogP contribution in [-0.4, -0.2) is 9.78 Å². The number of nitriles is 1. The number of nitrogens with zero attached hydrogens (tertiary/aromatic N) is 3. The van der Waals surface area contributed by atoms with Gasteiger partial charge in [0.25, 0.3) is 0 Å². The molecule has 5 heteroatoms. The van der Waals surface area contributed by atoms with Crippen molar-refractivity contribution in [3.05, 3.63) is 46.2 Å². The van der Waals surface area contributed by atoms with Gasteiger partial charge in [0.1, 0.15) is 6.07 Å². The molecule has 0 aliphatic heterocycles. The molecular weight excluding hydrogens is 328 g/mol. The van der Waals surface area contributed by atoms with Crippen LogP contribution >= 0.6 is 15.9 Å². The van der Waals surface area contributed by atoms with Crippen molar-refractivity contribution in [1.29, 1.82) is 5.26 Å². The van der Waals surface area contributed by atoms with Crippen molar-refractivity contribution in [1.82, 2.24) is 9.78 Å². The highest BCUT2D eigenvalue weighted by atomic mass is 79.9. The van der Waals surface area contributed by atoms with Gasteiger partial charge in [-0.25, -0.2) is 0 Å². The fourth-order valence-corrected chi connectivity index (χ4v) is 3.15. The summed E-state index contributed by atoms with van der Waals surface area (Å²) in [6, 6.07) is 10.5. The maximum atomic E-state index is 9.16. The maximum Gasteiger partial charge on any atom is 0.101 e. The highest BCUT2D eigenvalue weighted by Crippen LogP contribution is 2.28. The van der Waals surface area contributed by atoms with Gasteiger partial charge in [0.2, 0.25) is 0 Å². The molecule has 0 radical (unpaired) electrons. The van der Waals surface area contributed by atoms with Crippen molar-refractivity contribution in [2.24, 2.45) is 0 Å². The van der Waals surface area contributed by atoms with E-state index in [9.17, 15) is 0 Å². The molecule has 0 unspecified atom stereocenters. The van der Waals surface area contributed by atoms with Crippen LogP contribution in [0.4, 0.5) is 5.69 Å². The molecule has 0 saturated heterocycles. The van der Waals surface area contributed by atoms with Crippen molar-refractivity contribution in [2.45, 2.75) is 38.3 Å². The molecule has 4 nitrogen and oxygen atoms in total. The van der Waals surface area contributed by atoms with Crippen molar-refractivity contribution in [3.8, 4) is 6.07 Å². The van der Waals surface area contributed by atoms with Gasteiger partial charge in [0, 0.05) is 10.7 Å². The van der Waals surface area contributed by atoms with E-state index in [1.807, 2.05) is 18.2 Å². The average Bonchev–Trinajstić information content (AvgIpc) is 3.16. The number of nitrogens with one attached hydrogen (secondary N) is 1. The predicted octanol–water partition coefficient (Wildman–Crippen LogP) is 4.24. The summed E-state index contributed by atoms with van der Waals surface area (Å²) < 4.78 is 3.01. The van der Waals surface area contributed by atoms with Crippen LogP contribution in [0.1, 0.15) is 43.0 Å². The molecule has 0 bridgehead atoms. The summed E-state index contributed by atoms with van der Waals surface area (Å²) in [4.78, 5) is 0.